The van der Waals surface area contributed by atoms with Gasteiger partial charge in [0, 0.05) is 11.8 Å². The first-order valence-electron chi connectivity index (χ1n) is 5.67. The summed E-state index contributed by atoms with van der Waals surface area (Å²) in [6, 6.07) is 9.17. The smallest absolute Gasteiger partial charge is 0.257 e. The van der Waals surface area contributed by atoms with Crippen LogP contribution in [0, 0.1) is 13.8 Å². The number of pyridine rings is 1. The lowest BCUT2D eigenvalue weighted by Gasteiger charge is -2.10. The third-order valence-corrected chi connectivity index (χ3v) is 2.78. The van der Waals surface area contributed by atoms with Gasteiger partial charge in [-0.3, -0.25) is 4.79 Å². The first kappa shape index (κ1) is 12.1. The van der Waals surface area contributed by atoms with Gasteiger partial charge in [-0.05, 0) is 37.1 Å². The van der Waals surface area contributed by atoms with Crippen molar-refractivity contribution in [3.63, 3.8) is 0 Å². The van der Waals surface area contributed by atoms with Gasteiger partial charge < -0.3 is 11.1 Å². The zero-order valence-corrected chi connectivity index (χ0v) is 10.4. The van der Waals surface area contributed by atoms with Gasteiger partial charge in [0.1, 0.15) is 0 Å². The van der Waals surface area contributed by atoms with Crippen molar-refractivity contribution in [1.29, 1.82) is 0 Å². The van der Waals surface area contributed by atoms with Crippen molar-refractivity contribution in [3.8, 4) is 0 Å². The van der Waals surface area contributed by atoms with E-state index in [2.05, 4.69) is 10.3 Å². The molecule has 4 nitrogen and oxygen atoms in total. The third-order valence-electron chi connectivity index (χ3n) is 2.78. The van der Waals surface area contributed by atoms with Crippen molar-refractivity contribution in [2.24, 2.45) is 0 Å². The number of hydrogen-bond donors (Lipinski definition) is 2. The van der Waals surface area contributed by atoms with E-state index >= 15 is 0 Å². The van der Waals surface area contributed by atoms with Crippen LogP contribution < -0.4 is 11.1 Å². The van der Waals surface area contributed by atoms with E-state index in [1.165, 1.54) is 0 Å². The number of nitrogens with two attached hydrogens (primary N) is 1. The second-order valence-electron chi connectivity index (χ2n) is 4.16. The molecule has 0 radical (unpaired) electrons. The van der Waals surface area contributed by atoms with Gasteiger partial charge in [-0.15, -0.1) is 0 Å². The molecule has 0 aliphatic heterocycles. The second-order valence-corrected chi connectivity index (χ2v) is 4.16. The Labute approximate surface area is 106 Å². The molecule has 0 fully saturated rings. The van der Waals surface area contributed by atoms with E-state index < -0.39 is 0 Å². The van der Waals surface area contributed by atoms with Gasteiger partial charge in [0.15, 0.2) is 5.82 Å². The third kappa shape index (κ3) is 2.32. The minimum absolute atomic E-state index is 0.184. The highest BCUT2D eigenvalue weighted by molar-refractivity contribution is 6.06. The molecule has 1 aromatic heterocycles. The van der Waals surface area contributed by atoms with Gasteiger partial charge in [0.2, 0.25) is 0 Å². The first-order valence-corrected chi connectivity index (χ1v) is 5.67. The molecule has 0 atom stereocenters. The summed E-state index contributed by atoms with van der Waals surface area (Å²) >= 11 is 0. The zero-order valence-electron chi connectivity index (χ0n) is 10.4. The topological polar surface area (TPSA) is 68.0 Å². The van der Waals surface area contributed by atoms with Crippen LogP contribution in [0.5, 0.6) is 0 Å². The minimum atomic E-state index is -0.184. The number of anilines is 2. The van der Waals surface area contributed by atoms with Crippen LogP contribution in [0.25, 0.3) is 0 Å². The van der Waals surface area contributed by atoms with Crippen LogP contribution in [0.15, 0.2) is 36.5 Å². The Kier molecular flexibility index (Phi) is 3.28. The van der Waals surface area contributed by atoms with E-state index in [0.717, 1.165) is 11.1 Å². The average molecular weight is 241 g/mol. The molecule has 4 heteroatoms. The monoisotopic (exact) mass is 241 g/mol. The van der Waals surface area contributed by atoms with Crippen molar-refractivity contribution < 1.29 is 4.79 Å². The number of hydrogen-bond acceptors (Lipinski definition) is 3. The standard InChI is InChI=1S/C14H15N3O/c1-9-5-3-6-10(2)12(9)14(18)17-13-11(15)7-4-8-16-13/h3-8H,15H2,1-2H3,(H,16,17,18). The lowest BCUT2D eigenvalue weighted by atomic mass is 10.0. The summed E-state index contributed by atoms with van der Waals surface area (Å²) in [6.45, 7) is 3.81. The molecule has 1 aromatic carbocycles. The molecule has 0 saturated carbocycles. The van der Waals surface area contributed by atoms with E-state index in [1.54, 1.807) is 18.3 Å². The molecular weight excluding hydrogens is 226 g/mol. The summed E-state index contributed by atoms with van der Waals surface area (Å²) in [6.07, 6.45) is 1.59. The van der Waals surface area contributed by atoms with Gasteiger partial charge >= 0.3 is 0 Å². The summed E-state index contributed by atoms with van der Waals surface area (Å²) in [5, 5.41) is 2.73. The van der Waals surface area contributed by atoms with Crippen molar-refractivity contribution in [2.45, 2.75) is 13.8 Å². The van der Waals surface area contributed by atoms with Gasteiger partial charge in [-0.1, -0.05) is 18.2 Å². The molecule has 0 spiro atoms. The van der Waals surface area contributed by atoms with Gasteiger partial charge in [0.05, 0.1) is 5.69 Å². The Hall–Kier alpha value is -2.36. The molecule has 0 bridgehead atoms. The van der Waals surface area contributed by atoms with Gasteiger partial charge in [0.25, 0.3) is 5.91 Å². The molecular formula is C14H15N3O. The van der Waals surface area contributed by atoms with Crippen molar-refractivity contribution in [2.75, 3.05) is 11.1 Å². The highest BCUT2D eigenvalue weighted by atomic mass is 16.1. The number of nitrogens with one attached hydrogen (secondary N) is 1. The van der Waals surface area contributed by atoms with Crippen LogP contribution in [0.1, 0.15) is 21.5 Å². The molecule has 2 aromatic rings. The molecule has 0 unspecified atom stereocenters. The predicted molar refractivity (Wildman–Crippen MR) is 72.5 cm³/mol. The number of amides is 1. The molecule has 92 valence electrons. The second kappa shape index (κ2) is 4.87. The quantitative estimate of drug-likeness (QED) is 0.849. The van der Waals surface area contributed by atoms with Crippen LogP contribution in [0.2, 0.25) is 0 Å². The normalized spacial score (nSPS) is 10.1. The molecule has 1 heterocycles. The van der Waals surface area contributed by atoms with E-state index in [9.17, 15) is 4.79 Å². The predicted octanol–water partition coefficient (Wildman–Crippen LogP) is 2.53. The van der Waals surface area contributed by atoms with E-state index in [1.807, 2.05) is 32.0 Å². The maximum atomic E-state index is 12.2. The fraction of sp³-hybridized carbons (Fsp3) is 0.143. The number of carbonyl (C=O) groups excluding carboxylic acids is 1. The highest BCUT2D eigenvalue weighted by Gasteiger charge is 2.13. The van der Waals surface area contributed by atoms with Crippen molar-refractivity contribution in [3.05, 3.63) is 53.2 Å². The lowest BCUT2D eigenvalue weighted by molar-refractivity contribution is 0.102. The zero-order chi connectivity index (χ0) is 13.1. The minimum Gasteiger partial charge on any atom is -0.396 e. The number of aromatic nitrogens is 1. The van der Waals surface area contributed by atoms with E-state index in [4.69, 9.17) is 5.73 Å². The molecule has 0 saturated heterocycles. The maximum absolute atomic E-state index is 12.2. The van der Waals surface area contributed by atoms with Gasteiger partial charge in [-0.25, -0.2) is 4.98 Å². The Bertz CT molecular complexity index is 573. The van der Waals surface area contributed by atoms with Crippen molar-refractivity contribution in [1.82, 2.24) is 4.98 Å². The molecule has 0 aliphatic rings. The van der Waals surface area contributed by atoms with Gasteiger partial charge in [-0.2, -0.15) is 0 Å². The SMILES string of the molecule is Cc1cccc(C)c1C(=O)Nc1ncccc1N. The number of benzene rings is 1. The van der Waals surface area contributed by atoms with E-state index in [-0.39, 0.29) is 5.91 Å². The molecule has 18 heavy (non-hydrogen) atoms. The number of nitrogen functional groups attached to an aromatic ring is 1. The summed E-state index contributed by atoms with van der Waals surface area (Å²) in [7, 11) is 0. The number of rotatable bonds is 2. The Balaban J connectivity index is 2.31. The first-order chi connectivity index (χ1) is 8.59. The Morgan fingerprint density at radius 2 is 1.83 bits per heavy atom. The maximum Gasteiger partial charge on any atom is 0.257 e. The van der Waals surface area contributed by atoms with Crippen LogP contribution in [0.3, 0.4) is 0 Å². The van der Waals surface area contributed by atoms with E-state index in [0.29, 0.717) is 17.1 Å². The molecule has 1 amide bonds. The summed E-state index contributed by atoms with van der Waals surface area (Å²) in [5.41, 5.74) is 8.74. The summed E-state index contributed by atoms with van der Waals surface area (Å²) < 4.78 is 0. The largest absolute Gasteiger partial charge is 0.396 e. The summed E-state index contributed by atoms with van der Waals surface area (Å²) in [4.78, 5) is 16.2. The van der Waals surface area contributed by atoms with Crippen LogP contribution >= 0.6 is 0 Å². The van der Waals surface area contributed by atoms with Crippen LogP contribution in [-0.4, -0.2) is 10.9 Å². The highest BCUT2D eigenvalue weighted by Crippen LogP contribution is 2.18. The summed E-state index contributed by atoms with van der Waals surface area (Å²) in [5.74, 6) is 0.209. The fourth-order valence-corrected chi connectivity index (χ4v) is 1.86. The number of aryl methyl sites for hydroxylation is 2. The van der Waals surface area contributed by atoms with Crippen LogP contribution in [0.4, 0.5) is 11.5 Å². The average Bonchev–Trinajstić information content (AvgIpc) is 2.32. The number of carbonyl (C=O) groups is 1. The molecule has 3 N–H and O–H groups in total. The molecule has 0 aliphatic carbocycles. The Morgan fingerprint density at radius 1 is 1.17 bits per heavy atom. The Morgan fingerprint density at radius 3 is 2.44 bits per heavy atom. The van der Waals surface area contributed by atoms with Crippen molar-refractivity contribution >= 4 is 17.4 Å². The lowest BCUT2D eigenvalue weighted by Crippen LogP contribution is -2.16. The molecule has 2 rings (SSSR count). The fourth-order valence-electron chi connectivity index (χ4n) is 1.86. The van der Waals surface area contributed by atoms with Crippen LogP contribution in [-0.2, 0) is 0 Å². The number of nitrogens with zero attached hydrogens (tertiary/aromatic N) is 1.